The van der Waals surface area contributed by atoms with Crippen molar-refractivity contribution < 1.29 is 9.53 Å². The fourth-order valence-electron chi connectivity index (χ4n) is 2.13. The van der Waals surface area contributed by atoms with Gasteiger partial charge in [-0.25, -0.2) is 9.78 Å². The lowest BCUT2D eigenvalue weighted by molar-refractivity contribution is 0.0531. The average Bonchev–Trinajstić information content (AvgIpc) is 3.01. The Hall–Kier alpha value is -1.75. The number of pyridine rings is 1. The number of guanidine groups is 1. The maximum atomic E-state index is 11.9. The van der Waals surface area contributed by atoms with Crippen LogP contribution in [0.5, 0.6) is 0 Å². The van der Waals surface area contributed by atoms with E-state index in [0.717, 1.165) is 10.7 Å². The Kier molecular flexibility index (Phi) is 9.49. The molecule has 0 aromatic carbocycles. The zero-order chi connectivity index (χ0) is 18.2. The van der Waals surface area contributed by atoms with Crippen LogP contribution < -0.4 is 10.6 Å². The molecule has 2 rings (SSSR count). The summed E-state index contributed by atoms with van der Waals surface area (Å²) in [6, 6.07) is 5.67. The monoisotopic (exact) mass is 489 g/mol. The van der Waals surface area contributed by atoms with Crippen LogP contribution in [0.15, 0.2) is 29.4 Å². The molecule has 142 valence electrons. The number of nitrogens with zero attached hydrogens (tertiary/aromatic N) is 3. The highest BCUT2D eigenvalue weighted by molar-refractivity contribution is 14.0. The van der Waals surface area contributed by atoms with Gasteiger partial charge < -0.3 is 15.4 Å². The molecule has 0 bridgehead atoms. The molecule has 2 N–H and O–H groups in total. The molecule has 0 amide bonds. The number of rotatable bonds is 6. The number of aryl methyl sites for hydroxylation is 1. The van der Waals surface area contributed by atoms with Crippen molar-refractivity contribution in [3.63, 3.8) is 0 Å². The molecule has 26 heavy (non-hydrogen) atoms. The molecule has 7 nitrogen and oxygen atoms in total. The molecule has 2 heterocycles. The van der Waals surface area contributed by atoms with Crippen LogP contribution in [0.3, 0.4) is 0 Å². The van der Waals surface area contributed by atoms with Gasteiger partial charge in [-0.05, 0) is 32.9 Å². The van der Waals surface area contributed by atoms with Gasteiger partial charge in [0.05, 0.1) is 30.6 Å². The predicted molar refractivity (Wildman–Crippen MR) is 114 cm³/mol. The predicted octanol–water partition coefficient (Wildman–Crippen LogP) is 3.07. The summed E-state index contributed by atoms with van der Waals surface area (Å²) in [5, 5.41) is 7.29. The van der Waals surface area contributed by atoms with E-state index < -0.39 is 0 Å². The van der Waals surface area contributed by atoms with Crippen LogP contribution in [0.25, 0.3) is 0 Å². The first-order valence-electron chi connectivity index (χ1n) is 8.06. The van der Waals surface area contributed by atoms with Gasteiger partial charge in [0.1, 0.15) is 9.88 Å². The number of hydrogen-bond donors (Lipinski definition) is 2. The number of aliphatic imine (C=N–C) groups is 1. The standard InChI is InChI=1S/C17H23N5O2S.HI/c1-5-24-16(23)14-11(2)21-15(25-14)12(3)22-17(18-4)20-10-13-8-6-7-9-19-13;/h6-9,12H,5,10H2,1-4H3,(H2,18,20,22);1H. The van der Waals surface area contributed by atoms with Crippen molar-refractivity contribution >= 4 is 47.2 Å². The Morgan fingerprint density at radius 3 is 2.81 bits per heavy atom. The van der Waals surface area contributed by atoms with Crippen LogP contribution in [0.2, 0.25) is 0 Å². The molecule has 0 aliphatic rings. The highest BCUT2D eigenvalue weighted by Crippen LogP contribution is 2.24. The van der Waals surface area contributed by atoms with Gasteiger partial charge in [-0.3, -0.25) is 9.98 Å². The molecular weight excluding hydrogens is 465 g/mol. The number of thiazole rings is 1. The average molecular weight is 489 g/mol. The first kappa shape index (κ1) is 22.3. The molecule has 2 aromatic rings. The number of halogens is 1. The van der Waals surface area contributed by atoms with Gasteiger partial charge in [0.15, 0.2) is 5.96 Å². The van der Waals surface area contributed by atoms with E-state index in [4.69, 9.17) is 4.74 Å². The third kappa shape index (κ3) is 6.20. The Morgan fingerprint density at radius 1 is 1.42 bits per heavy atom. The van der Waals surface area contributed by atoms with Crippen LogP contribution >= 0.6 is 35.3 Å². The maximum absolute atomic E-state index is 11.9. The van der Waals surface area contributed by atoms with E-state index in [-0.39, 0.29) is 36.0 Å². The van der Waals surface area contributed by atoms with E-state index in [2.05, 4.69) is 25.6 Å². The van der Waals surface area contributed by atoms with Crippen molar-refractivity contribution in [1.82, 2.24) is 20.6 Å². The fourth-order valence-corrected chi connectivity index (χ4v) is 3.09. The number of aromatic nitrogens is 2. The molecule has 0 saturated heterocycles. The molecule has 9 heteroatoms. The number of nitrogens with one attached hydrogen (secondary N) is 2. The van der Waals surface area contributed by atoms with Crippen LogP contribution in [-0.2, 0) is 11.3 Å². The van der Waals surface area contributed by atoms with Gasteiger partial charge in [-0.2, -0.15) is 0 Å². The van der Waals surface area contributed by atoms with Crippen molar-refractivity contribution in [3.8, 4) is 0 Å². The summed E-state index contributed by atoms with van der Waals surface area (Å²) in [4.78, 5) is 25.4. The molecule has 0 spiro atoms. The molecule has 0 fully saturated rings. The summed E-state index contributed by atoms with van der Waals surface area (Å²) in [5.74, 6) is 0.317. The van der Waals surface area contributed by atoms with Crippen LogP contribution in [0, 0.1) is 6.92 Å². The molecule has 0 aliphatic heterocycles. The zero-order valence-electron chi connectivity index (χ0n) is 15.3. The first-order valence-corrected chi connectivity index (χ1v) is 8.88. The van der Waals surface area contributed by atoms with Crippen LogP contribution in [-0.4, -0.2) is 35.6 Å². The van der Waals surface area contributed by atoms with Crippen molar-refractivity contribution in [3.05, 3.63) is 45.7 Å². The van der Waals surface area contributed by atoms with E-state index in [1.165, 1.54) is 11.3 Å². The highest BCUT2D eigenvalue weighted by Gasteiger charge is 2.20. The van der Waals surface area contributed by atoms with Crippen molar-refractivity contribution in [2.24, 2.45) is 4.99 Å². The lowest BCUT2D eigenvalue weighted by atomic mass is 10.3. The molecular formula is C17H24IN5O2S. The summed E-state index contributed by atoms with van der Waals surface area (Å²) in [6.07, 6.45) is 1.76. The van der Waals surface area contributed by atoms with E-state index in [1.807, 2.05) is 32.0 Å². The minimum absolute atomic E-state index is 0. The molecule has 0 saturated carbocycles. The second kappa shape index (κ2) is 11.1. The lowest BCUT2D eigenvalue weighted by Gasteiger charge is -2.16. The van der Waals surface area contributed by atoms with E-state index in [9.17, 15) is 4.79 Å². The molecule has 0 aliphatic carbocycles. The number of esters is 1. The Labute approximate surface area is 174 Å². The molecule has 0 radical (unpaired) electrons. The quantitative estimate of drug-likeness (QED) is 0.281. The number of ether oxygens (including phenoxy) is 1. The van der Waals surface area contributed by atoms with Gasteiger partial charge in [-0.1, -0.05) is 6.07 Å². The second-order valence-corrected chi connectivity index (χ2v) is 6.33. The van der Waals surface area contributed by atoms with Crippen molar-refractivity contribution in [2.75, 3.05) is 13.7 Å². The Morgan fingerprint density at radius 2 is 2.19 bits per heavy atom. The topological polar surface area (TPSA) is 88.5 Å². The fraction of sp³-hybridized carbons (Fsp3) is 0.412. The van der Waals surface area contributed by atoms with Gasteiger partial charge in [0.2, 0.25) is 0 Å². The van der Waals surface area contributed by atoms with Crippen LogP contribution in [0.4, 0.5) is 0 Å². The zero-order valence-corrected chi connectivity index (χ0v) is 18.4. The summed E-state index contributed by atoms with van der Waals surface area (Å²) in [6.45, 7) is 6.49. The molecule has 1 atom stereocenters. The van der Waals surface area contributed by atoms with Crippen molar-refractivity contribution in [1.29, 1.82) is 0 Å². The Bertz CT molecular complexity index is 736. The van der Waals surface area contributed by atoms with E-state index in [0.29, 0.717) is 29.7 Å². The minimum Gasteiger partial charge on any atom is -0.462 e. The number of carbonyl (C=O) groups excluding carboxylic acids is 1. The minimum atomic E-state index is -0.325. The van der Waals surface area contributed by atoms with E-state index in [1.54, 1.807) is 20.2 Å². The normalized spacial score (nSPS) is 12.1. The SMILES string of the molecule is CCOC(=O)c1sc(C(C)NC(=NC)NCc2ccccn2)nc1C.I. The number of carbonyl (C=O) groups is 1. The van der Waals surface area contributed by atoms with Gasteiger partial charge in [0, 0.05) is 13.2 Å². The summed E-state index contributed by atoms with van der Waals surface area (Å²) in [5.41, 5.74) is 1.61. The van der Waals surface area contributed by atoms with Crippen LogP contribution in [0.1, 0.15) is 46.0 Å². The van der Waals surface area contributed by atoms with Gasteiger partial charge in [0.25, 0.3) is 0 Å². The Balaban J connectivity index is 0.00000338. The lowest BCUT2D eigenvalue weighted by Crippen LogP contribution is -2.38. The van der Waals surface area contributed by atoms with Gasteiger partial charge >= 0.3 is 5.97 Å². The molecule has 1 unspecified atom stereocenters. The van der Waals surface area contributed by atoms with Gasteiger partial charge in [-0.15, -0.1) is 35.3 Å². The summed E-state index contributed by atoms with van der Waals surface area (Å²) >= 11 is 1.34. The largest absolute Gasteiger partial charge is 0.462 e. The molecule has 2 aromatic heterocycles. The third-order valence-electron chi connectivity index (χ3n) is 3.38. The summed E-state index contributed by atoms with van der Waals surface area (Å²) < 4.78 is 5.06. The summed E-state index contributed by atoms with van der Waals surface area (Å²) in [7, 11) is 1.71. The van der Waals surface area contributed by atoms with Crippen molar-refractivity contribution in [2.45, 2.75) is 33.4 Å². The third-order valence-corrected chi connectivity index (χ3v) is 4.70. The highest BCUT2D eigenvalue weighted by atomic mass is 127. The second-order valence-electron chi connectivity index (χ2n) is 5.30. The van der Waals surface area contributed by atoms with E-state index >= 15 is 0 Å². The number of hydrogen-bond acceptors (Lipinski definition) is 6. The first-order chi connectivity index (χ1) is 12.0. The maximum Gasteiger partial charge on any atom is 0.350 e. The smallest absolute Gasteiger partial charge is 0.350 e.